The van der Waals surface area contributed by atoms with Crippen LogP contribution in [0.2, 0.25) is 0 Å². The van der Waals surface area contributed by atoms with Crippen LogP contribution in [0.15, 0.2) is 30.5 Å². The predicted octanol–water partition coefficient (Wildman–Crippen LogP) is 3.76. The summed E-state index contributed by atoms with van der Waals surface area (Å²) >= 11 is 0. The molecule has 118 valence electrons. The summed E-state index contributed by atoms with van der Waals surface area (Å²) in [6.45, 7) is 4.11. The van der Waals surface area contributed by atoms with Crippen molar-refractivity contribution in [1.82, 2.24) is 19.4 Å². The van der Waals surface area contributed by atoms with Gasteiger partial charge in [0.05, 0.1) is 5.69 Å². The molecule has 0 bridgehead atoms. The molecule has 5 nitrogen and oxygen atoms in total. The van der Waals surface area contributed by atoms with Crippen LogP contribution in [0.3, 0.4) is 0 Å². The molecule has 0 aliphatic heterocycles. The van der Waals surface area contributed by atoms with Crippen LogP contribution in [0, 0.1) is 13.8 Å². The van der Waals surface area contributed by atoms with E-state index in [1.807, 2.05) is 31.3 Å². The SMILES string of the molecule is Cc1cc(C)n2c(NC3CCCC3)c(-c3ccccn3)nc2n1. The molecule has 4 rings (SSSR count). The minimum atomic E-state index is 0.512. The normalized spacial score (nSPS) is 15.4. The molecule has 0 aromatic carbocycles. The van der Waals surface area contributed by atoms with Crippen molar-refractivity contribution in [3.05, 3.63) is 41.9 Å². The number of pyridine rings is 1. The number of hydrogen-bond acceptors (Lipinski definition) is 4. The summed E-state index contributed by atoms with van der Waals surface area (Å²) in [5, 5.41) is 3.71. The van der Waals surface area contributed by atoms with Gasteiger partial charge in [0.15, 0.2) is 0 Å². The van der Waals surface area contributed by atoms with Crippen LogP contribution in [0.25, 0.3) is 17.2 Å². The van der Waals surface area contributed by atoms with Crippen LogP contribution in [0.1, 0.15) is 37.1 Å². The van der Waals surface area contributed by atoms with Crippen LogP contribution in [-0.4, -0.2) is 25.4 Å². The molecule has 3 aromatic rings. The number of rotatable bonds is 3. The highest BCUT2D eigenvalue weighted by atomic mass is 15.2. The van der Waals surface area contributed by atoms with Gasteiger partial charge in [-0.05, 0) is 44.9 Å². The molecule has 0 unspecified atom stereocenters. The molecule has 1 aliphatic carbocycles. The number of fused-ring (bicyclic) bond motifs is 1. The first-order valence-corrected chi connectivity index (χ1v) is 8.27. The number of nitrogens with one attached hydrogen (secondary N) is 1. The fourth-order valence-electron chi connectivity index (χ4n) is 3.45. The molecule has 3 heterocycles. The fourth-order valence-corrected chi connectivity index (χ4v) is 3.45. The third kappa shape index (κ3) is 2.56. The standard InChI is InChI=1S/C18H21N5/c1-12-11-13(2)23-17(21-14-7-3-4-8-14)16(22-18(23)20-12)15-9-5-6-10-19-15/h5-6,9-11,14,21H,3-4,7-8H2,1-2H3. The molecule has 1 N–H and O–H groups in total. The highest BCUT2D eigenvalue weighted by molar-refractivity contribution is 5.73. The van der Waals surface area contributed by atoms with Crippen molar-refractivity contribution in [2.45, 2.75) is 45.6 Å². The summed E-state index contributed by atoms with van der Waals surface area (Å²) in [7, 11) is 0. The molecule has 0 amide bonds. The lowest BCUT2D eigenvalue weighted by molar-refractivity contribution is 0.747. The van der Waals surface area contributed by atoms with Gasteiger partial charge in [0, 0.05) is 23.6 Å². The number of hydrogen-bond donors (Lipinski definition) is 1. The topological polar surface area (TPSA) is 55.1 Å². The Morgan fingerprint density at radius 1 is 1.13 bits per heavy atom. The van der Waals surface area contributed by atoms with Crippen LogP contribution in [-0.2, 0) is 0 Å². The van der Waals surface area contributed by atoms with Crippen molar-refractivity contribution in [3.8, 4) is 11.4 Å². The van der Waals surface area contributed by atoms with E-state index < -0.39 is 0 Å². The van der Waals surface area contributed by atoms with E-state index in [4.69, 9.17) is 4.98 Å². The van der Waals surface area contributed by atoms with Gasteiger partial charge < -0.3 is 5.32 Å². The van der Waals surface area contributed by atoms with Gasteiger partial charge in [-0.15, -0.1) is 0 Å². The van der Waals surface area contributed by atoms with Gasteiger partial charge in [-0.3, -0.25) is 9.38 Å². The summed E-state index contributed by atoms with van der Waals surface area (Å²) in [6.07, 6.45) is 6.83. The average Bonchev–Trinajstić information content (AvgIpc) is 3.16. The van der Waals surface area contributed by atoms with Gasteiger partial charge in [0.25, 0.3) is 0 Å². The predicted molar refractivity (Wildman–Crippen MR) is 91.6 cm³/mol. The number of aryl methyl sites for hydroxylation is 2. The Hall–Kier alpha value is -2.43. The van der Waals surface area contributed by atoms with Crippen molar-refractivity contribution in [3.63, 3.8) is 0 Å². The largest absolute Gasteiger partial charge is 0.367 e. The van der Waals surface area contributed by atoms with Gasteiger partial charge in [-0.25, -0.2) is 9.97 Å². The quantitative estimate of drug-likeness (QED) is 0.800. The monoisotopic (exact) mass is 307 g/mol. The van der Waals surface area contributed by atoms with E-state index in [0.717, 1.165) is 34.4 Å². The molecular weight excluding hydrogens is 286 g/mol. The second kappa shape index (κ2) is 5.65. The first-order valence-electron chi connectivity index (χ1n) is 8.27. The van der Waals surface area contributed by atoms with E-state index in [1.165, 1.54) is 25.7 Å². The number of nitrogens with zero attached hydrogens (tertiary/aromatic N) is 4. The lowest BCUT2D eigenvalue weighted by Crippen LogP contribution is -2.17. The van der Waals surface area contributed by atoms with Gasteiger partial charge in [0.1, 0.15) is 11.5 Å². The average molecular weight is 307 g/mol. The molecule has 0 spiro atoms. The first kappa shape index (κ1) is 14.2. The molecule has 1 saturated carbocycles. The number of aromatic nitrogens is 4. The minimum Gasteiger partial charge on any atom is -0.367 e. The highest BCUT2D eigenvalue weighted by Crippen LogP contribution is 2.31. The van der Waals surface area contributed by atoms with Gasteiger partial charge in [-0.2, -0.15) is 0 Å². The van der Waals surface area contributed by atoms with E-state index >= 15 is 0 Å². The Labute approximate surface area is 135 Å². The maximum Gasteiger partial charge on any atom is 0.236 e. The zero-order chi connectivity index (χ0) is 15.8. The summed E-state index contributed by atoms with van der Waals surface area (Å²) in [5.74, 6) is 1.76. The minimum absolute atomic E-state index is 0.512. The molecule has 1 fully saturated rings. The number of imidazole rings is 1. The number of anilines is 1. The lowest BCUT2D eigenvalue weighted by atomic mass is 10.2. The van der Waals surface area contributed by atoms with Crippen LogP contribution >= 0.6 is 0 Å². The van der Waals surface area contributed by atoms with Crippen molar-refractivity contribution >= 4 is 11.6 Å². The van der Waals surface area contributed by atoms with Crippen molar-refractivity contribution in [1.29, 1.82) is 0 Å². The lowest BCUT2D eigenvalue weighted by Gasteiger charge is -2.15. The molecule has 1 aliphatic rings. The summed E-state index contributed by atoms with van der Waals surface area (Å²) in [6, 6.07) is 8.53. The second-order valence-corrected chi connectivity index (χ2v) is 6.32. The third-order valence-electron chi connectivity index (χ3n) is 4.51. The van der Waals surface area contributed by atoms with Crippen molar-refractivity contribution in [2.24, 2.45) is 0 Å². The summed E-state index contributed by atoms with van der Waals surface area (Å²) in [5.41, 5.74) is 3.90. The molecular formula is C18H21N5. The fraction of sp³-hybridized carbons (Fsp3) is 0.389. The second-order valence-electron chi connectivity index (χ2n) is 6.32. The smallest absolute Gasteiger partial charge is 0.236 e. The van der Waals surface area contributed by atoms with Crippen LogP contribution < -0.4 is 5.32 Å². The van der Waals surface area contributed by atoms with Gasteiger partial charge in [0.2, 0.25) is 5.78 Å². The zero-order valence-corrected chi connectivity index (χ0v) is 13.6. The molecule has 0 saturated heterocycles. The highest BCUT2D eigenvalue weighted by Gasteiger charge is 2.22. The maximum absolute atomic E-state index is 4.77. The molecule has 3 aromatic heterocycles. The Morgan fingerprint density at radius 2 is 1.96 bits per heavy atom. The van der Waals surface area contributed by atoms with Crippen LogP contribution in [0.5, 0.6) is 0 Å². The zero-order valence-electron chi connectivity index (χ0n) is 13.6. The Kier molecular flexibility index (Phi) is 3.48. The van der Waals surface area contributed by atoms with Crippen LogP contribution in [0.4, 0.5) is 5.82 Å². The summed E-state index contributed by atoms with van der Waals surface area (Å²) < 4.78 is 2.12. The molecule has 0 radical (unpaired) electrons. The van der Waals surface area contributed by atoms with E-state index in [9.17, 15) is 0 Å². The van der Waals surface area contributed by atoms with Gasteiger partial charge in [-0.1, -0.05) is 18.9 Å². The Bertz CT molecular complexity index is 831. The van der Waals surface area contributed by atoms with E-state index in [-0.39, 0.29) is 0 Å². The van der Waals surface area contributed by atoms with E-state index in [1.54, 1.807) is 0 Å². The molecule has 23 heavy (non-hydrogen) atoms. The first-order chi connectivity index (χ1) is 11.2. The van der Waals surface area contributed by atoms with Crippen molar-refractivity contribution < 1.29 is 0 Å². The van der Waals surface area contributed by atoms with Crippen molar-refractivity contribution in [2.75, 3.05) is 5.32 Å². The van der Waals surface area contributed by atoms with E-state index in [0.29, 0.717) is 6.04 Å². The van der Waals surface area contributed by atoms with Gasteiger partial charge >= 0.3 is 0 Å². The van der Waals surface area contributed by atoms with E-state index in [2.05, 4.69) is 32.7 Å². The maximum atomic E-state index is 4.77. The molecule has 5 heteroatoms. The third-order valence-corrected chi connectivity index (χ3v) is 4.51. The Morgan fingerprint density at radius 3 is 2.70 bits per heavy atom. The summed E-state index contributed by atoms with van der Waals surface area (Å²) in [4.78, 5) is 13.9. The molecule has 0 atom stereocenters. The Balaban J connectivity index is 1.91.